The summed E-state index contributed by atoms with van der Waals surface area (Å²) in [6, 6.07) is 8.15. The largest absolute Gasteiger partial charge is 0.334 e. The van der Waals surface area contributed by atoms with Crippen LogP contribution in [0.5, 0.6) is 0 Å². The Morgan fingerprint density at radius 1 is 1.39 bits per heavy atom. The van der Waals surface area contributed by atoms with Gasteiger partial charge in [-0.3, -0.25) is 4.79 Å². The number of alkyl halides is 1. The van der Waals surface area contributed by atoms with Crippen LogP contribution in [0.1, 0.15) is 36.0 Å². The molecule has 0 aromatic heterocycles. The van der Waals surface area contributed by atoms with Gasteiger partial charge in [0.05, 0.1) is 0 Å². The second-order valence-electron chi connectivity index (χ2n) is 4.64. The molecule has 4 heteroatoms. The maximum atomic E-state index is 12.5. The maximum absolute atomic E-state index is 12.5. The van der Waals surface area contributed by atoms with Crippen molar-refractivity contribution in [1.29, 1.82) is 0 Å². The Morgan fingerprint density at radius 2 is 2.11 bits per heavy atom. The minimum atomic E-state index is 0.126. The zero-order chi connectivity index (χ0) is 13.0. The summed E-state index contributed by atoms with van der Waals surface area (Å²) in [5.74, 6) is 0.632. The first-order chi connectivity index (χ1) is 8.72. The van der Waals surface area contributed by atoms with Crippen LogP contribution in [0.25, 0.3) is 0 Å². The Morgan fingerprint density at radius 3 is 2.72 bits per heavy atom. The van der Waals surface area contributed by atoms with Crippen LogP contribution >= 0.6 is 34.2 Å². The molecule has 0 radical (unpaired) electrons. The molecule has 0 atom stereocenters. The van der Waals surface area contributed by atoms with Gasteiger partial charge in [-0.1, -0.05) is 18.9 Å². The van der Waals surface area contributed by atoms with Crippen LogP contribution in [0.2, 0.25) is 0 Å². The van der Waals surface area contributed by atoms with Crippen molar-refractivity contribution in [2.24, 2.45) is 0 Å². The average Bonchev–Trinajstić information content (AvgIpc) is 2.89. The number of benzene rings is 1. The van der Waals surface area contributed by atoms with Crippen molar-refractivity contribution in [3.8, 4) is 0 Å². The van der Waals surface area contributed by atoms with E-state index in [1.807, 2.05) is 29.2 Å². The summed E-state index contributed by atoms with van der Waals surface area (Å²) in [5, 5.41) is 0. The predicted octanol–water partition coefficient (Wildman–Crippen LogP) is 3.91. The molecule has 0 aliphatic heterocycles. The quantitative estimate of drug-likeness (QED) is 0.575. The van der Waals surface area contributed by atoms with E-state index in [-0.39, 0.29) is 5.91 Å². The molecule has 0 bridgehead atoms. The molecule has 0 spiro atoms. The summed E-state index contributed by atoms with van der Waals surface area (Å²) in [6.45, 7) is 0.649. The lowest BCUT2D eigenvalue weighted by Gasteiger charge is -2.28. The van der Waals surface area contributed by atoms with Gasteiger partial charge in [0.1, 0.15) is 0 Å². The highest BCUT2D eigenvalue weighted by molar-refractivity contribution is 14.1. The van der Waals surface area contributed by atoms with E-state index in [4.69, 9.17) is 11.6 Å². The Kier molecular flexibility index (Phi) is 5.30. The van der Waals surface area contributed by atoms with E-state index < -0.39 is 0 Å². The number of carbonyl (C=O) groups is 1. The van der Waals surface area contributed by atoms with E-state index in [0.29, 0.717) is 18.5 Å². The standard InChI is InChI=1S/C14H17ClINO/c15-8-9-17(13-6-1-2-7-13)14(18)11-4-3-5-12(16)10-11/h3-5,10,13H,1-2,6-9H2. The van der Waals surface area contributed by atoms with Crippen molar-refractivity contribution in [1.82, 2.24) is 4.90 Å². The Labute approximate surface area is 127 Å². The van der Waals surface area contributed by atoms with Crippen LogP contribution in [0, 0.1) is 3.57 Å². The van der Waals surface area contributed by atoms with E-state index in [1.165, 1.54) is 12.8 Å². The molecule has 1 aromatic rings. The molecule has 0 unspecified atom stereocenters. The lowest BCUT2D eigenvalue weighted by atomic mass is 10.1. The maximum Gasteiger partial charge on any atom is 0.254 e. The van der Waals surface area contributed by atoms with E-state index in [9.17, 15) is 4.79 Å². The van der Waals surface area contributed by atoms with Crippen LogP contribution in [0.3, 0.4) is 0 Å². The second-order valence-corrected chi connectivity index (χ2v) is 6.26. The number of hydrogen-bond acceptors (Lipinski definition) is 1. The first-order valence-corrected chi connectivity index (χ1v) is 7.96. The van der Waals surface area contributed by atoms with Gasteiger partial charge in [0.25, 0.3) is 5.91 Å². The third-order valence-electron chi connectivity index (χ3n) is 3.42. The lowest BCUT2D eigenvalue weighted by Crippen LogP contribution is -2.40. The summed E-state index contributed by atoms with van der Waals surface area (Å²) in [7, 11) is 0. The third kappa shape index (κ3) is 3.38. The summed E-state index contributed by atoms with van der Waals surface area (Å²) < 4.78 is 1.09. The number of carbonyl (C=O) groups excluding carboxylic acids is 1. The van der Waals surface area contributed by atoms with Crippen molar-refractivity contribution in [3.05, 3.63) is 33.4 Å². The second kappa shape index (κ2) is 6.75. The van der Waals surface area contributed by atoms with E-state index in [0.717, 1.165) is 22.0 Å². The first-order valence-electron chi connectivity index (χ1n) is 6.35. The molecule has 1 aliphatic rings. The third-order valence-corrected chi connectivity index (χ3v) is 4.26. The monoisotopic (exact) mass is 377 g/mol. The van der Waals surface area contributed by atoms with Gasteiger partial charge in [-0.2, -0.15) is 0 Å². The molecule has 1 aromatic carbocycles. The molecule has 2 rings (SSSR count). The van der Waals surface area contributed by atoms with Gasteiger partial charge in [0.2, 0.25) is 0 Å². The van der Waals surface area contributed by atoms with Gasteiger partial charge in [-0.25, -0.2) is 0 Å². The summed E-state index contributed by atoms with van der Waals surface area (Å²) >= 11 is 8.08. The molecule has 0 N–H and O–H groups in total. The van der Waals surface area contributed by atoms with E-state index in [2.05, 4.69) is 22.6 Å². The molecule has 1 fully saturated rings. The van der Waals surface area contributed by atoms with Crippen LogP contribution < -0.4 is 0 Å². The number of nitrogens with zero attached hydrogens (tertiary/aromatic N) is 1. The number of amides is 1. The van der Waals surface area contributed by atoms with Crippen LogP contribution in [0.4, 0.5) is 0 Å². The average molecular weight is 378 g/mol. The normalized spacial score (nSPS) is 15.9. The van der Waals surface area contributed by atoms with Crippen molar-refractivity contribution < 1.29 is 4.79 Å². The van der Waals surface area contributed by atoms with Gasteiger partial charge in [0.15, 0.2) is 0 Å². The molecular formula is C14H17ClINO. The highest BCUT2D eigenvalue weighted by Gasteiger charge is 2.26. The van der Waals surface area contributed by atoms with Crippen molar-refractivity contribution in [2.75, 3.05) is 12.4 Å². The zero-order valence-electron chi connectivity index (χ0n) is 10.2. The summed E-state index contributed by atoms with van der Waals surface area (Å²) in [5.41, 5.74) is 0.777. The number of rotatable bonds is 4. The van der Waals surface area contributed by atoms with Gasteiger partial charge >= 0.3 is 0 Å². The molecule has 1 amide bonds. The predicted molar refractivity (Wildman–Crippen MR) is 83.2 cm³/mol. The van der Waals surface area contributed by atoms with Crippen molar-refractivity contribution >= 4 is 40.1 Å². The number of hydrogen-bond donors (Lipinski definition) is 0. The molecule has 1 aliphatic carbocycles. The van der Waals surface area contributed by atoms with Gasteiger partial charge in [0, 0.05) is 27.6 Å². The Balaban J connectivity index is 2.17. The van der Waals surface area contributed by atoms with Gasteiger partial charge in [-0.15, -0.1) is 11.6 Å². The molecule has 2 nitrogen and oxygen atoms in total. The topological polar surface area (TPSA) is 20.3 Å². The fraction of sp³-hybridized carbons (Fsp3) is 0.500. The molecular weight excluding hydrogens is 361 g/mol. The molecule has 18 heavy (non-hydrogen) atoms. The molecule has 1 saturated carbocycles. The van der Waals surface area contributed by atoms with Crippen LogP contribution in [-0.2, 0) is 0 Å². The molecule has 0 heterocycles. The highest BCUT2D eigenvalue weighted by atomic mass is 127. The number of halogens is 2. The first kappa shape index (κ1) is 14.1. The Hall–Kier alpha value is -0.290. The SMILES string of the molecule is O=C(c1cccc(I)c1)N(CCCl)C1CCCC1. The van der Waals surface area contributed by atoms with Crippen molar-refractivity contribution in [3.63, 3.8) is 0 Å². The minimum Gasteiger partial charge on any atom is -0.334 e. The van der Waals surface area contributed by atoms with Crippen LogP contribution in [0.15, 0.2) is 24.3 Å². The molecule has 98 valence electrons. The highest BCUT2D eigenvalue weighted by Crippen LogP contribution is 2.25. The minimum absolute atomic E-state index is 0.126. The van der Waals surface area contributed by atoms with Crippen LogP contribution in [-0.4, -0.2) is 29.3 Å². The van der Waals surface area contributed by atoms with E-state index >= 15 is 0 Å². The zero-order valence-corrected chi connectivity index (χ0v) is 13.2. The van der Waals surface area contributed by atoms with E-state index in [1.54, 1.807) is 0 Å². The van der Waals surface area contributed by atoms with Gasteiger partial charge < -0.3 is 4.90 Å². The Bertz CT molecular complexity index is 418. The summed E-state index contributed by atoms with van der Waals surface area (Å²) in [4.78, 5) is 14.5. The smallest absolute Gasteiger partial charge is 0.254 e. The lowest BCUT2D eigenvalue weighted by molar-refractivity contribution is 0.0695. The van der Waals surface area contributed by atoms with Gasteiger partial charge in [-0.05, 0) is 53.6 Å². The van der Waals surface area contributed by atoms with Crippen molar-refractivity contribution in [2.45, 2.75) is 31.7 Å². The molecule has 0 saturated heterocycles. The fourth-order valence-corrected chi connectivity index (χ4v) is 3.27. The fourth-order valence-electron chi connectivity index (χ4n) is 2.54. The summed E-state index contributed by atoms with van der Waals surface area (Å²) in [6.07, 6.45) is 4.69.